The van der Waals surface area contributed by atoms with E-state index in [-0.39, 0.29) is 11.6 Å². The average molecular weight is 184 g/mol. The van der Waals surface area contributed by atoms with Crippen LogP contribution < -0.4 is 10.6 Å². The summed E-state index contributed by atoms with van der Waals surface area (Å²) in [6.45, 7) is 8.28. The van der Waals surface area contributed by atoms with Crippen LogP contribution in [0.25, 0.3) is 0 Å². The SMILES string of the molecule is CCC(C)(C)NC(=O)N[C@@H]1C[C@H]1C. The van der Waals surface area contributed by atoms with Crippen molar-refractivity contribution in [3.8, 4) is 0 Å². The van der Waals surface area contributed by atoms with Crippen LogP contribution in [0.15, 0.2) is 0 Å². The minimum atomic E-state index is -0.0950. The average Bonchev–Trinajstić information content (AvgIpc) is 2.65. The molecule has 0 unspecified atom stereocenters. The van der Waals surface area contributed by atoms with Gasteiger partial charge in [0.15, 0.2) is 0 Å². The van der Waals surface area contributed by atoms with Crippen LogP contribution in [0.1, 0.15) is 40.5 Å². The minimum Gasteiger partial charge on any atom is -0.335 e. The molecule has 0 heterocycles. The van der Waals surface area contributed by atoms with Crippen molar-refractivity contribution in [2.24, 2.45) is 5.92 Å². The van der Waals surface area contributed by atoms with Crippen LogP contribution >= 0.6 is 0 Å². The van der Waals surface area contributed by atoms with Crippen LogP contribution in [0.2, 0.25) is 0 Å². The zero-order chi connectivity index (χ0) is 10.1. The standard InChI is InChI=1S/C10H20N2O/c1-5-10(3,4)12-9(13)11-8-6-7(8)2/h7-8H,5-6H2,1-4H3,(H2,11,12,13)/t7-,8-/m1/s1. The Balaban J connectivity index is 2.25. The highest BCUT2D eigenvalue weighted by Gasteiger charge is 2.34. The van der Waals surface area contributed by atoms with Gasteiger partial charge in [0.2, 0.25) is 0 Å². The topological polar surface area (TPSA) is 41.1 Å². The summed E-state index contributed by atoms with van der Waals surface area (Å²) in [6.07, 6.45) is 2.07. The molecule has 13 heavy (non-hydrogen) atoms. The molecule has 0 bridgehead atoms. The maximum Gasteiger partial charge on any atom is 0.315 e. The van der Waals surface area contributed by atoms with Crippen LogP contribution in [0.4, 0.5) is 4.79 Å². The van der Waals surface area contributed by atoms with Crippen molar-refractivity contribution in [3.05, 3.63) is 0 Å². The number of rotatable bonds is 3. The number of hydrogen-bond donors (Lipinski definition) is 2. The van der Waals surface area contributed by atoms with E-state index in [0.717, 1.165) is 12.8 Å². The minimum absolute atomic E-state index is 0.0267. The Bertz CT molecular complexity index is 201. The van der Waals surface area contributed by atoms with Crippen molar-refractivity contribution in [1.82, 2.24) is 10.6 Å². The van der Waals surface area contributed by atoms with Gasteiger partial charge in [-0.1, -0.05) is 13.8 Å². The van der Waals surface area contributed by atoms with Gasteiger partial charge in [0.25, 0.3) is 0 Å². The van der Waals surface area contributed by atoms with Crippen LogP contribution in [0.5, 0.6) is 0 Å². The summed E-state index contributed by atoms with van der Waals surface area (Å²) < 4.78 is 0. The maximum absolute atomic E-state index is 11.4. The Labute approximate surface area is 80.3 Å². The lowest BCUT2D eigenvalue weighted by atomic mass is 10.0. The van der Waals surface area contributed by atoms with Crippen LogP contribution in [0.3, 0.4) is 0 Å². The lowest BCUT2D eigenvalue weighted by Crippen LogP contribution is -2.48. The van der Waals surface area contributed by atoms with E-state index in [4.69, 9.17) is 0 Å². The molecular weight excluding hydrogens is 164 g/mol. The normalized spacial score (nSPS) is 26.8. The van der Waals surface area contributed by atoms with Gasteiger partial charge in [0.1, 0.15) is 0 Å². The molecule has 2 amide bonds. The summed E-state index contributed by atoms with van der Waals surface area (Å²) >= 11 is 0. The third-order valence-corrected chi connectivity index (χ3v) is 2.76. The molecule has 0 aromatic carbocycles. The van der Waals surface area contributed by atoms with E-state index in [2.05, 4.69) is 24.5 Å². The van der Waals surface area contributed by atoms with Crippen molar-refractivity contribution < 1.29 is 4.79 Å². The monoisotopic (exact) mass is 184 g/mol. The van der Waals surface area contributed by atoms with E-state index >= 15 is 0 Å². The van der Waals surface area contributed by atoms with Crippen LogP contribution in [-0.2, 0) is 0 Å². The third kappa shape index (κ3) is 3.25. The molecular formula is C10H20N2O. The molecule has 76 valence electrons. The van der Waals surface area contributed by atoms with Gasteiger partial charge in [-0.3, -0.25) is 0 Å². The number of nitrogens with one attached hydrogen (secondary N) is 2. The van der Waals surface area contributed by atoms with E-state index in [1.54, 1.807) is 0 Å². The van der Waals surface area contributed by atoms with Gasteiger partial charge >= 0.3 is 6.03 Å². The fourth-order valence-corrected chi connectivity index (χ4v) is 1.12. The second-order valence-corrected chi connectivity index (χ2v) is 4.66. The summed E-state index contributed by atoms with van der Waals surface area (Å²) in [4.78, 5) is 11.4. The molecule has 1 aliphatic carbocycles. The highest BCUT2D eigenvalue weighted by atomic mass is 16.2. The summed E-state index contributed by atoms with van der Waals surface area (Å²) in [5.41, 5.74) is -0.0950. The van der Waals surface area contributed by atoms with Crippen molar-refractivity contribution in [2.75, 3.05) is 0 Å². The molecule has 2 N–H and O–H groups in total. The highest BCUT2D eigenvalue weighted by molar-refractivity contribution is 5.75. The molecule has 3 nitrogen and oxygen atoms in total. The fraction of sp³-hybridized carbons (Fsp3) is 0.900. The van der Waals surface area contributed by atoms with E-state index in [1.807, 2.05) is 13.8 Å². The first kappa shape index (κ1) is 10.4. The summed E-state index contributed by atoms with van der Waals surface area (Å²) in [5.74, 6) is 0.662. The number of carbonyl (C=O) groups is 1. The molecule has 0 radical (unpaired) electrons. The molecule has 1 aliphatic rings. The molecule has 0 aliphatic heterocycles. The molecule has 0 saturated heterocycles. The van der Waals surface area contributed by atoms with E-state index < -0.39 is 0 Å². The first-order valence-electron chi connectivity index (χ1n) is 5.03. The van der Waals surface area contributed by atoms with Gasteiger partial charge < -0.3 is 10.6 Å². The molecule has 1 rings (SSSR count). The zero-order valence-corrected chi connectivity index (χ0v) is 8.98. The van der Waals surface area contributed by atoms with Crippen molar-refractivity contribution >= 4 is 6.03 Å². The summed E-state index contributed by atoms with van der Waals surface area (Å²) in [5, 5.41) is 5.89. The predicted molar refractivity (Wildman–Crippen MR) is 53.6 cm³/mol. The van der Waals surface area contributed by atoms with Crippen molar-refractivity contribution in [1.29, 1.82) is 0 Å². The van der Waals surface area contributed by atoms with Crippen molar-refractivity contribution in [3.63, 3.8) is 0 Å². The molecule has 2 atom stereocenters. The van der Waals surface area contributed by atoms with E-state index in [1.165, 1.54) is 0 Å². The second-order valence-electron chi connectivity index (χ2n) is 4.66. The summed E-state index contributed by atoms with van der Waals surface area (Å²) in [7, 11) is 0. The zero-order valence-electron chi connectivity index (χ0n) is 8.98. The smallest absolute Gasteiger partial charge is 0.315 e. The van der Waals surface area contributed by atoms with Gasteiger partial charge in [-0.05, 0) is 32.6 Å². The summed E-state index contributed by atoms with van der Waals surface area (Å²) in [6, 6.07) is 0.383. The Morgan fingerprint density at radius 3 is 2.46 bits per heavy atom. The fourth-order valence-electron chi connectivity index (χ4n) is 1.12. The maximum atomic E-state index is 11.4. The largest absolute Gasteiger partial charge is 0.335 e. The third-order valence-electron chi connectivity index (χ3n) is 2.76. The number of urea groups is 1. The Morgan fingerprint density at radius 1 is 1.54 bits per heavy atom. The van der Waals surface area contributed by atoms with Gasteiger partial charge in [-0.2, -0.15) is 0 Å². The molecule has 1 fully saturated rings. The van der Waals surface area contributed by atoms with E-state index in [9.17, 15) is 4.79 Å². The quantitative estimate of drug-likeness (QED) is 0.691. The molecule has 0 aromatic rings. The number of carbonyl (C=O) groups excluding carboxylic acids is 1. The molecule has 0 spiro atoms. The molecule has 1 saturated carbocycles. The van der Waals surface area contributed by atoms with Crippen LogP contribution in [0, 0.1) is 5.92 Å². The Morgan fingerprint density at radius 2 is 2.08 bits per heavy atom. The van der Waals surface area contributed by atoms with Gasteiger partial charge in [0.05, 0.1) is 0 Å². The molecule has 3 heteroatoms. The van der Waals surface area contributed by atoms with Gasteiger partial charge in [-0.15, -0.1) is 0 Å². The Kier molecular flexibility index (Phi) is 2.84. The van der Waals surface area contributed by atoms with Gasteiger partial charge in [0, 0.05) is 11.6 Å². The van der Waals surface area contributed by atoms with Crippen molar-refractivity contribution in [2.45, 2.75) is 52.1 Å². The highest BCUT2D eigenvalue weighted by Crippen LogP contribution is 2.28. The first-order chi connectivity index (χ1) is 5.94. The van der Waals surface area contributed by atoms with Gasteiger partial charge in [-0.25, -0.2) is 4.79 Å². The molecule has 0 aromatic heterocycles. The predicted octanol–water partition coefficient (Wildman–Crippen LogP) is 1.88. The number of amides is 2. The lowest BCUT2D eigenvalue weighted by molar-refractivity contribution is 0.228. The first-order valence-corrected chi connectivity index (χ1v) is 5.03. The lowest BCUT2D eigenvalue weighted by Gasteiger charge is -2.24. The number of hydrogen-bond acceptors (Lipinski definition) is 1. The van der Waals surface area contributed by atoms with E-state index in [0.29, 0.717) is 12.0 Å². The second kappa shape index (κ2) is 3.56. The Hall–Kier alpha value is -0.730. The van der Waals surface area contributed by atoms with Crippen LogP contribution in [-0.4, -0.2) is 17.6 Å².